The summed E-state index contributed by atoms with van der Waals surface area (Å²) in [7, 11) is -1.42. The Labute approximate surface area is 175 Å². The molecule has 30 heavy (non-hydrogen) atoms. The number of hydrogen-bond acceptors (Lipinski definition) is 8. The number of rotatable bonds is 8. The number of carbonyl (C=O) groups excluding carboxylic acids is 1. The first-order chi connectivity index (χ1) is 14.2. The fraction of sp³-hybridized carbons (Fsp3) is 0.632. The standard InChI is InChI=1S/C19H28N4O6S/c1-14-15(16-17(29-14)20-13-23(19(16)25)5-4-11-28-2)18(24)22-8-6-21(7-9-22)10-12-30(3,26)27/h13H,4-12H2,1-3H3. The average Bonchev–Trinajstić information content (AvgIpc) is 3.04. The van der Waals surface area contributed by atoms with Crippen molar-refractivity contribution in [2.45, 2.75) is 19.9 Å². The van der Waals surface area contributed by atoms with E-state index in [4.69, 9.17) is 9.15 Å². The van der Waals surface area contributed by atoms with Gasteiger partial charge in [-0.3, -0.25) is 19.1 Å². The summed E-state index contributed by atoms with van der Waals surface area (Å²) < 4.78 is 34.8. The lowest BCUT2D eigenvalue weighted by Crippen LogP contribution is -2.49. The van der Waals surface area contributed by atoms with Crippen LogP contribution in [0.4, 0.5) is 0 Å². The van der Waals surface area contributed by atoms with Crippen LogP contribution in [0.1, 0.15) is 22.5 Å². The molecule has 1 aliphatic heterocycles. The predicted octanol–water partition coefficient (Wildman–Crippen LogP) is 0.137. The number of hydrogen-bond donors (Lipinski definition) is 0. The number of furan rings is 1. The summed E-state index contributed by atoms with van der Waals surface area (Å²) in [6, 6.07) is 0. The summed E-state index contributed by atoms with van der Waals surface area (Å²) in [5.74, 6) is 0.206. The van der Waals surface area contributed by atoms with Gasteiger partial charge in [0.05, 0.1) is 11.3 Å². The number of fused-ring (bicyclic) bond motifs is 1. The maximum Gasteiger partial charge on any atom is 0.265 e. The molecule has 166 valence electrons. The highest BCUT2D eigenvalue weighted by Crippen LogP contribution is 2.23. The van der Waals surface area contributed by atoms with E-state index in [0.717, 1.165) is 0 Å². The van der Waals surface area contributed by atoms with Gasteiger partial charge in [0.25, 0.3) is 11.5 Å². The molecule has 1 fully saturated rings. The zero-order valence-corrected chi connectivity index (χ0v) is 18.4. The molecule has 0 radical (unpaired) electrons. The van der Waals surface area contributed by atoms with Gasteiger partial charge in [-0.15, -0.1) is 0 Å². The maximum atomic E-state index is 13.2. The van der Waals surface area contributed by atoms with E-state index in [1.165, 1.54) is 17.2 Å². The molecule has 0 aromatic carbocycles. The molecule has 10 nitrogen and oxygen atoms in total. The van der Waals surface area contributed by atoms with Crippen molar-refractivity contribution < 1.29 is 22.4 Å². The molecule has 0 atom stereocenters. The molecule has 1 aliphatic rings. The fourth-order valence-corrected chi connectivity index (χ4v) is 4.15. The normalized spacial score (nSPS) is 15.8. The van der Waals surface area contributed by atoms with Crippen LogP contribution >= 0.6 is 0 Å². The molecule has 0 saturated carbocycles. The highest BCUT2D eigenvalue weighted by molar-refractivity contribution is 7.90. The fourth-order valence-electron chi connectivity index (χ4n) is 3.56. The summed E-state index contributed by atoms with van der Waals surface area (Å²) in [5.41, 5.74) is 0.117. The number of methoxy groups -OCH3 is 1. The van der Waals surface area contributed by atoms with Crippen LogP contribution in [0.5, 0.6) is 0 Å². The molecular formula is C19H28N4O6S. The number of ether oxygens (including phenoxy) is 1. The van der Waals surface area contributed by atoms with Gasteiger partial charge in [0.1, 0.15) is 27.3 Å². The quantitative estimate of drug-likeness (QED) is 0.532. The maximum absolute atomic E-state index is 13.2. The second kappa shape index (κ2) is 9.27. The van der Waals surface area contributed by atoms with E-state index in [0.29, 0.717) is 58.1 Å². The van der Waals surface area contributed by atoms with Gasteiger partial charge in [-0.1, -0.05) is 0 Å². The Balaban J connectivity index is 1.77. The van der Waals surface area contributed by atoms with Crippen LogP contribution in [0.15, 0.2) is 15.5 Å². The van der Waals surface area contributed by atoms with Crippen LogP contribution in [0.25, 0.3) is 11.1 Å². The number of nitrogens with zero attached hydrogens (tertiary/aromatic N) is 4. The summed E-state index contributed by atoms with van der Waals surface area (Å²) in [6.45, 7) is 5.13. The van der Waals surface area contributed by atoms with Crippen molar-refractivity contribution in [1.82, 2.24) is 19.4 Å². The SMILES string of the molecule is COCCCn1cnc2oc(C)c(C(=O)N3CCN(CCS(C)(=O)=O)CC3)c2c1=O. The predicted molar refractivity (Wildman–Crippen MR) is 112 cm³/mol. The number of piperazine rings is 1. The Morgan fingerprint density at radius 1 is 1.23 bits per heavy atom. The molecule has 0 unspecified atom stereocenters. The first kappa shape index (κ1) is 22.4. The molecule has 1 amide bonds. The summed E-state index contributed by atoms with van der Waals surface area (Å²) in [4.78, 5) is 34.1. The number of aryl methyl sites for hydroxylation is 2. The van der Waals surface area contributed by atoms with Gasteiger partial charge in [0.15, 0.2) is 0 Å². The van der Waals surface area contributed by atoms with E-state index in [9.17, 15) is 18.0 Å². The van der Waals surface area contributed by atoms with Gasteiger partial charge in [-0.25, -0.2) is 13.4 Å². The van der Waals surface area contributed by atoms with E-state index in [1.807, 2.05) is 4.90 Å². The molecule has 0 spiro atoms. The Morgan fingerprint density at radius 2 is 1.93 bits per heavy atom. The van der Waals surface area contributed by atoms with E-state index in [2.05, 4.69) is 4.98 Å². The van der Waals surface area contributed by atoms with Crippen molar-refractivity contribution in [2.75, 3.05) is 58.4 Å². The third-order valence-corrected chi connectivity index (χ3v) is 6.18. The van der Waals surface area contributed by atoms with Crippen molar-refractivity contribution in [3.8, 4) is 0 Å². The van der Waals surface area contributed by atoms with Crippen LogP contribution in [0.3, 0.4) is 0 Å². The molecule has 11 heteroatoms. The zero-order valence-electron chi connectivity index (χ0n) is 17.6. The van der Waals surface area contributed by atoms with Gasteiger partial charge in [-0.05, 0) is 13.3 Å². The third kappa shape index (κ3) is 5.08. The lowest BCUT2D eigenvalue weighted by Gasteiger charge is -2.34. The van der Waals surface area contributed by atoms with Crippen molar-refractivity contribution in [3.63, 3.8) is 0 Å². The molecule has 3 rings (SSSR count). The minimum atomic E-state index is -3.02. The van der Waals surface area contributed by atoms with E-state index < -0.39 is 9.84 Å². The smallest absolute Gasteiger partial charge is 0.265 e. The molecule has 2 aromatic rings. The number of aromatic nitrogens is 2. The minimum Gasteiger partial charge on any atom is -0.442 e. The van der Waals surface area contributed by atoms with Gasteiger partial charge in [0.2, 0.25) is 5.71 Å². The number of carbonyl (C=O) groups is 1. The van der Waals surface area contributed by atoms with Gasteiger partial charge < -0.3 is 14.1 Å². The summed E-state index contributed by atoms with van der Waals surface area (Å²) >= 11 is 0. The van der Waals surface area contributed by atoms with Crippen LogP contribution in [-0.2, 0) is 21.1 Å². The second-order valence-electron chi connectivity index (χ2n) is 7.57. The average molecular weight is 441 g/mol. The molecule has 3 heterocycles. The van der Waals surface area contributed by atoms with Crippen molar-refractivity contribution in [2.24, 2.45) is 0 Å². The number of sulfone groups is 1. The van der Waals surface area contributed by atoms with Crippen molar-refractivity contribution >= 4 is 26.8 Å². The van der Waals surface area contributed by atoms with Gasteiger partial charge in [0, 0.05) is 59.2 Å². The first-order valence-electron chi connectivity index (χ1n) is 9.88. The van der Waals surface area contributed by atoms with Crippen molar-refractivity contribution in [1.29, 1.82) is 0 Å². The van der Waals surface area contributed by atoms with E-state index in [-0.39, 0.29) is 33.9 Å². The van der Waals surface area contributed by atoms with Gasteiger partial charge in [-0.2, -0.15) is 0 Å². The zero-order chi connectivity index (χ0) is 21.9. The Bertz CT molecular complexity index is 1070. The highest BCUT2D eigenvalue weighted by Gasteiger charge is 2.29. The molecule has 2 aromatic heterocycles. The molecule has 1 saturated heterocycles. The second-order valence-corrected chi connectivity index (χ2v) is 9.83. The number of amides is 1. The largest absolute Gasteiger partial charge is 0.442 e. The molecule has 0 bridgehead atoms. The topological polar surface area (TPSA) is 115 Å². The van der Waals surface area contributed by atoms with Crippen LogP contribution in [0.2, 0.25) is 0 Å². The van der Waals surface area contributed by atoms with E-state index >= 15 is 0 Å². The van der Waals surface area contributed by atoms with Crippen LogP contribution in [0, 0.1) is 6.92 Å². The molecule has 0 aliphatic carbocycles. The molecule has 0 N–H and O–H groups in total. The van der Waals surface area contributed by atoms with Crippen LogP contribution < -0.4 is 5.56 Å². The lowest BCUT2D eigenvalue weighted by molar-refractivity contribution is 0.0644. The van der Waals surface area contributed by atoms with Crippen LogP contribution in [-0.4, -0.2) is 92.1 Å². The highest BCUT2D eigenvalue weighted by atomic mass is 32.2. The Hall–Kier alpha value is -2.24. The minimum absolute atomic E-state index is 0.0979. The summed E-state index contributed by atoms with van der Waals surface area (Å²) in [6.07, 6.45) is 3.30. The molecular weight excluding hydrogens is 412 g/mol. The lowest BCUT2D eigenvalue weighted by atomic mass is 10.1. The van der Waals surface area contributed by atoms with Crippen molar-refractivity contribution in [3.05, 3.63) is 28.0 Å². The Morgan fingerprint density at radius 3 is 2.57 bits per heavy atom. The summed E-state index contributed by atoms with van der Waals surface area (Å²) in [5, 5.41) is 0.205. The first-order valence-corrected chi connectivity index (χ1v) is 11.9. The van der Waals surface area contributed by atoms with E-state index in [1.54, 1.807) is 18.9 Å². The van der Waals surface area contributed by atoms with Gasteiger partial charge >= 0.3 is 0 Å². The monoisotopic (exact) mass is 440 g/mol. The Kier molecular flexibility index (Phi) is 6.94. The third-order valence-electron chi connectivity index (χ3n) is 5.25.